The van der Waals surface area contributed by atoms with Gasteiger partial charge in [-0.3, -0.25) is 9.48 Å². The van der Waals surface area contributed by atoms with E-state index in [9.17, 15) is 18.0 Å². The molecule has 1 heterocycles. The lowest BCUT2D eigenvalue weighted by Crippen LogP contribution is -2.40. The summed E-state index contributed by atoms with van der Waals surface area (Å²) in [5.41, 5.74) is -0.870. The number of halogens is 4. The van der Waals surface area contributed by atoms with Crippen molar-refractivity contribution in [1.29, 1.82) is 0 Å². The lowest BCUT2D eigenvalue weighted by molar-refractivity contribution is -0.141. The number of alkyl halides is 3. The van der Waals surface area contributed by atoms with Crippen LogP contribution >= 0.6 is 11.6 Å². The molecule has 2 bridgehead atoms. The molecule has 0 spiro atoms. The summed E-state index contributed by atoms with van der Waals surface area (Å²) in [4.78, 5) is 12.2. The Kier molecular flexibility index (Phi) is 5.06. The number of nitrogens with one attached hydrogen (secondary N) is 1. The highest BCUT2D eigenvalue weighted by molar-refractivity contribution is 6.31. The van der Waals surface area contributed by atoms with E-state index in [1.54, 1.807) is 0 Å². The summed E-state index contributed by atoms with van der Waals surface area (Å²) < 4.78 is 39.6. The van der Waals surface area contributed by atoms with Crippen molar-refractivity contribution in [3.8, 4) is 0 Å². The summed E-state index contributed by atoms with van der Waals surface area (Å²) in [6.07, 6.45) is 0.501. The third-order valence-electron chi connectivity index (χ3n) is 5.78. The number of aryl methyl sites for hydroxylation is 1. The molecule has 1 aromatic rings. The molecule has 0 aromatic carbocycles. The Hall–Kier alpha value is -1.24. The minimum absolute atomic E-state index is 0.0803. The molecule has 0 unspecified atom stereocenters. The highest BCUT2D eigenvalue weighted by atomic mass is 35.5. The molecule has 25 heavy (non-hydrogen) atoms. The monoisotopic (exact) mass is 377 g/mol. The molecule has 140 valence electrons. The van der Waals surface area contributed by atoms with Crippen molar-refractivity contribution in [2.75, 3.05) is 0 Å². The molecular weight excluding hydrogens is 355 g/mol. The molecule has 1 aromatic heterocycles. The van der Waals surface area contributed by atoms with Gasteiger partial charge in [0.2, 0.25) is 5.91 Å². The highest BCUT2D eigenvalue weighted by Crippen LogP contribution is 2.49. The predicted octanol–water partition coefficient (Wildman–Crippen LogP) is 4.19. The van der Waals surface area contributed by atoms with Gasteiger partial charge in [-0.1, -0.05) is 18.0 Å². The van der Waals surface area contributed by atoms with Crippen LogP contribution in [0.4, 0.5) is 13.2 Å². The number of aromatic nitrogens is 2. The molecule has 0 aliphatic heterocycles. The third kappa shape index (κ3) is 3.81. The maximum atomic E-state index is 12.8. The molecule has 1 N–H and O–H groups in total. The predicted molar refractivity (Wildman–Crippen MR) is 88.1 cm³/mol. The second kappa shape index (κ2) is 6.82. The van der Waals surface area contributed by atoms with E-state index in [1.165, 1.54) is 32.6 Å². The molecular formula is C17H23ClF3N3O. The van der Waals surface area contributed by atoms with Gasteiger partial charge in [0.1, 0.15) is 0 Å². The normalized spacial score (nSPS) is 26.9. The van der Waals surface area contributed by atoms with Crippen molar-refractivity contribution >= 4 is 17.5 Å². The number of rotatable bonds is 5. The highest BCUT2D eigenvalue weighted by Gasteiger charge is 2.42. The molecule has 2 saturated carbocycles. The lowest BCUT2D eigenvalue weighted by Gasteiger charge is -2.28. The number of fused-ring (bicyclic) bond motifs is 2. The van der Waals surface area contributed by atoms with E-state index in [-0.39, 0.29) is 30.6 Å². The number of carbonyl (C=O) groups excluding carboxylic acids is 1. The van der Waals surface area contributed by atoms with Gasteiger partial charge in [0, 0.05) is 12.5 Å². The molecule has 8 heteroatoms. The van der Waals surface area contributed by atoms with Crippen molar-refractivity contribution in [3.05, 3.63) is 16.4 Å². The fraction of sp³-hybridized carbons (Fsp3) is 0.765. The van der Waals surface area contributed by atoms with Gasteiger partial charge < -0.3 is 5.32 Å². The van der Waals surface area contributed by atoms with Gasteiger partial charge in [-0.05, 0) is 50.9 Å². The molecule has 0 radical (unpaired) electrons. The maximum absolute atomic E-state index is 12.8. The zero-order valence-corrected chi connectivity index (χ0v) is 15.1. The van der Waals surface area contributed by atoms with Crippen LogP contribution < -0.4 is 5.32 Å². The zero-order chi connectivity index (χ0) is 18.4. The standard InChI is InChI=1S/C17H23ClF3N3O/c1-9(13-8-11-3-4-12(13)7-11)22-14(25)5-6-24-10(2)15(18)16(23-24)17(19,20)21/h9,11-13H,3-8H2,1-2H3,(H,22,25)/t9-,11+,12+,13-/m0/s1. The van der Waals surface area contributed by atoms with Crippen molar-refractivity contribution in [3.63, 3.8) is 0 Å². The SMILES string of the molecule is Cc1c(Cl)c(C(F)(F)F)nn1CCC(=O)N[C@@H](C)[C@@H]1C[C@@H]2CC[C@@H]1C2. The van der Waals surface area contributed by atoms with Crippen LogP contribution in [0.5, 0.6) is 0 Å². The fourth-order valence-electron chi connectivity index (χ4n) is 4.47. The summed E-state index contributed by atoms with van der Waals surface area (Å²) in [6, 6.07) is 0.107. The lowest BCUT2D eigenvalue weighted by atomic mass is 9.84. The summed E-state index contributed by atoms with van der Waals surface area (Å²) in [6.45, 7) is 3.58. The van der Waals surface area contributed by atoms with Gasteiger partial charge in [0.15, 0.2) is 5.69 Å². The number of hydrogen-bond acceptors (Lipinski definition) is 2. The first-order chi connectivity index (χ1) is 11.7. The first-order valence-corrected chi connectivity index (χ1v) is 9.14. The zero-order valence-electron chi connectivity index (χ0n) is 14.4. The molecule has 2 fully saturated rings. The third-order valence-corrected chi connectivity index (χ3v) is 6.23. The average molecular weight is 378 g/mol. The molecule has 0 saturated heterocycles. The Labute approximate surface area is 150 Å². The van der Waals surface area contributed by atoms with Gasteiger partial charge in [-0.25, -0.2) is 0 Å². The second-order valence-corrected chi connectivity index (χ2v) is 7.79. The summed E-state index contributed by atoms with van der Waals surface area (Å²) >= 11 is 5.72. The van der Waals surface area contributed by atoms with Gasteiger partial charge in [0.25, 0.3) is 0 Å². The summed E-state index contributed by atoms with van der Waals surface area (Å²) in [7, 11) is 0. The Morgan fingerprint density at radius 1 is 1.40 bits per heavy atom. The molecule has 4 atom stereocenters. The van der Waals surface area contributed by atoms with E-state index in [0.717, 1.165) is 10.6 Å². The van der Waals surface area contributed by atoms with Crippen LogP contribution in [0.25, 0.3) is 0 Å². The van der Waals surface area contributed by atoms with Gasteiger partial charge >= 0.3 is 6.18 Å². The second-order valence-electron chi connectivity index (χ2n) is 7.41. The molecule has 3 rings (SSSR count). The van der Waals surface area contributed by atoms with E-state index >= 15 is 0 Å². The van der Waals surface area contributed by atoms with Crippen LogP contribution in [0, 0.1) is 24.7 Å². The van der Waals surface area contributed by atoms with E-state index in [4.69, 9.17) is 11.6 Å². The van der Waals surface area contributed by atoms with Crippen molar-refractivity contribution < 1.29 is 18.0 Å². The molecule has 4 nitrogen and oxygen atoms in total. The summed E-state index contributed by atoms with van der Waals surface area (Å²) in [5, 5.41) is 6.13. The molecule has 2 aliphatic rings. The minimum atomic E-state index is -4.59. The van der Waals surface area contributed by atoms with Gasteiger partial charge in [0.05, 0.1) is 17.3 Å². The van der Waals surface area contributed by atoms with Crippen LogP contribution in [-0.2, 0) is 17.5 Å². The molecule has 2 aliphatic carbocycles. The average Bonchev–Trinajstić information content (AvgIpc) is 3.21. The Bertz CT molecular complexity index is 658. The van der Waals surface area contributed by atoms with Crippen molar-refractivity contribution in [2.24, 2.45) is 17.8 Å². The number of carbonyl (C=O) groups is 1. The minimum Gasteiger partial charge on any atom is -0.353 e. The topological polar surface area (TPSA) is 46.9 Å². The van der Waals surface area contributed by atoms with Crippen molar-refractivity contribution in [2.45, 2.75) is 64.7 Å². The molecule has 1 amide bonds. The van der Waals surface area contributed by atoms with Crippen LogP contribution in [-0.4, -0.2) is 21.7 Å². The van der Waals surface area contributed by atoms with E-state index in [1.807, 2.05) is 6.92 Å². The van der Waals surface area contributed by atoms with Crippen LogP contribution in [0.2, 0.25) is 5.02 Å². The Morgan fingerprint density at radius 3 is 2.64 bits per heavy atom. The largest absolute Gasteiger partial charge is 0.436 e. The number of amides is 1. The Balaban J connectivity index is 1.54. The first-order valence-electron chi connectivity index (χ1n) is 8.76. The van der Waals surface area contributed by atoms with Gasteiger partial charge in [-0.15, -0.1) is 0 Å². The number of hydrogen-bond donors (Lipinski definition) is 1. The fourth-order valence-corrected chi connectivity index (χ4v) is 4.71. The Morgan fingerprint density at radius 2 is 2.12 bits per heavy atom. The quantitative estimate of drug-likeness (QED) is 0.836. The van der Waals surface area contributed by atoms with Gasteiger partial charge in [-0.2, -0.15) is 18.3 Å². The summed E-state index contributed by atoms with van der Waals surface area (Å²) in [5.74, 6) is 1.89. The maximum Gasteiger partial charge on any atom is 0.436 e. The first kappa shape index (κ1) is 18.5. The van der Waals surface area contributed by atoms with Crippen molar-refractivity contribution in [1.82, 2.24) is 15.1 Å². The smallest absolute Gasteiger partial charge is 0.353 e. The van der Waals surface area contributed by atoms with Crippen LogP contribution in [0.3, 0.4) is 0 Å². The van der Waals surface area contributed by atoms with E-state index < -0.39 is 16.9 Å². The van der Waals surface area contributed by atoms with Crippen LogP contribution in [0.15, 0.2) is 0 Å². The van der Waals surface area contributed by atoms with E-state index in [2.05, 4.69) is 10.4 Å². The number of nitrogens with zero attached hydrogens (tertiary/aromatic N) is 2. The van der Waals surface area contributed by atoms with E-state index in [0.29, 0.717) is 11.8 Å². The van der Waals surface area contributed by atoms with Crippen LogP contribution in [0.1, 0.15) is 50.4 Å².